The molecule has 0 fully saturated rings. The third-order valence-corrected chi connectivity index (χ3v) is 5.89. The molecule has 5 nitrogen and oxygen atoms in total. The monoisotopic (exact) mass is 266 g/mol. The third kappa shape index (κ3) is 4.34. The molecule has 0 aromatic carbocycles. The Bertz CT molecular complexity index is 282. The van der Waals surface area contributed by atoms with E-state index in [0.717, 1.165) is 0 Å². The van der Waals surface area contributed by atoms with Crippen LogP contribution in [0.2, 0.25) is 0 Å². The first kappa shape index (κ1) is 17.1. The topological polar surface area (TPSA) is 64.8 Å². The van der Waals surface area contributed by atoms with Gasteiger partial charge in [-0.1, -0.05) is 13.8 Å². The van der Waals surface area contributed by atoms with Crippen LogP contribution >= 0.6 is 7.60 Å². The molecule has 2 N–H and O–H groups in total. The summed E-state index contributed by atoms with van der Waals surface area (Å²) in [4.78, 5) is 1.83. The predicted molar refractivity (Wildman–Crippen MR) is 71.1 cm³/mol. The highest BCUT2D eigenvalue weighted by Gasteiger charge is 2.38. The van der Waals surface area contributed by atoms with Crippen molar-refractivity contribution in [2.75, 3.05) is 27.7 Å². The lowest BCUT2D eigenvalue weighted by atomic mass is 9.88. The van der Waals surface area contributed by atoms with Crippen molar-refractivity contribution in [2.45, 2.75) is 39.6 Å². The maximum absolute atomic E-state index is 12.6. The Morgan fingerprint density at radius 1 is 1.35 bits per heavy atom. The van der Waals surface area contributed by atoms with Gasteiger partial charge < -0.3 is 14.8 Å². The van der Waals surface area contributed by atoms with E-state index in [4.69, 9.17) is 14.8 Å². The Labute approximate surface area is 105 Å². The van der Waals surface area contributed by atoms with E-state index in [1.54, 1.807) is 0 Å². The molecule has 0 amide bonds. The van der Waals surface area contributed by atoms with Crippen LogP contribution in [0.4, 0.5) is 0 Å². The van der Waals surface area contributed by atoms with E-state index < -0.39 is 7.60 Å². The van der Waals surface area contributed by atoms with Crippen LogP contribution in [0.1, 0.15) is 27.7 Å². The Morgan fingerprint density at radius 2 is 1.82 bits per heavy atom. The lowest BCUT2D eigenvalue weighted by Gasteiger charge is -2.35. The van der Waals surface area contributed by atoms with Gasteiger partial charge >= 0.3 is 7.60 Å². The van der Waals surface area contributed by atoms with Crippen molar-refractivity contribution < 1.29 is 13.6 Å². The zero-order valence-corrected chi connectivity index (χ0v) is 13.0. The van der Waals surface area contributed by atoms with Crippen LogP contribution in [0.3, 0.4) is 0 Å². The summed E-state index contributed by atoms with van der Waals surface area (Å²) in [5, 5.41) is 0. The van der Waals surface area contributed by atoms with Gasteiger partial charge in [0.2, 0.25) is 0 Å². The van der Waals surface area contributed by atoms with Crippen LogP contribution < -0.4 is 5.73 Å². The van der Waals surface area contributed by atoms with Crippen LogP contribution in [0, 0.1) is 5.41 Å². The molecule has 6 heteroatoms. The molecule has 0 saturated carbocycles. The fourth-order valence-electron chi connectivity index (χ4n) is 1.10. The molecule has 0 heterocycles. The number of nitrogens with zero attached hydrogens (tertiary/aromatic N) is 1. The highest BCUT2D eigenvalue weighted by molar-refractivity contribution is 7.54. The van der Waals surface area contributed by atoms with Crippen LogP contribution in [0.5, 0.6) is 0 Å². The van der Waals surface area contributed by atoms with Gasteiger partial charge in [-0.25, -0.2) is 0 Å². The fraction of sp³-hybridized carbons (Fsp3) is 1.00. The molecule has 0 radical (unpaired) electrons. The van der Waals surface area contributed by atoms with E-state index in [1.165, 1.54) is 7.11 Å². The molecule has 2 unspecified atom stereocenters. The summed E-state index contributed by atoms with van der Waals surface area (Å²) < 4.78 is 23.4. The molecule has 0 aromatic rings. The molecule has 3 atom stereocenters. The Kier molecular flexibility index (Phi) is 6.33. The zero-order valence-electron chi connectivity index (χ0n) is 12.1. The molecular weight excluding hydrogens is 239 g/mol. The van der Waals surface area contributed by atoms with E-state index in [-0.39, 0.29) is 17.3 Å². The summed E-state index contributed by atoms with van der Waals surface area (Å²) in [6, 6.07) is 0. The van der Waals surface area contributed by atoms with Crippen molar-refractivity contribution in [3.63, 3.8) is 0 Å². The summed E-state index contributed by atoms with van der Waals surface area (Å²) >= 11 is 0. The van der Waals surface area contributed by atoms with Gasteiger partial charge in [-0.2, -0.15) is 0 Å². The zero-order chi connectivity index (χ0) is 13.9. The SMILES string of the molecule is COP(=O)(O[C@@H](C)C(C)(C)CN)C(C)N(C)C. The van der Waals surface area contributed by atoms with Crippen molar-refractivity contribution >= 4 is 7.60 Å². The van der Waals surface area contributed by atoms with Crippen molar-refractivity contribution in [3.05, 3.63) is 0 Å². The lowest BCUT2D eigenvalue weighted by Crippen LogP contribution is -2.37. The minimum Gasteiger partial charge on any atom is -0.330 e. The van der Waals surface area contributed by atoms with E-state index in [0.29, 0.717) is 6.54 Å². The van der Waals surface area contributed by atoms with Crippen LogP contribution in [0.25, 0.3) is 0 Å². The standard InChI is InChI=1S/C11H27N2O3P/c1-9(11(3,4)8-12)16-17(14,15-7)10(2)13(5)6/h9-10H,8,12H2,1-7H3/t9-,10?,17?/m0/s1. The first-order valence-corrected chi connectivity index (χ1v) is 7.42. The molecule has 104 valence electrons. The van der Waals surface area contributed by atoms with Crippen molar-refractivity contribution in [3.8, 4) is 0 Å². The smallest absolute Gasteiger partial charge is 0.330 e. The quantitative estimate of drug-likeness (QED) is 0.715. The molecule has 0 bridgehead atoms. The second kappa shape index (κ2) is 6.30. The molecule has 0 saturated heterocycles. The highest BCUT2D eigenvalue weighted by Crippen LogP contribution is 2.55. The second-order valence-corrected chi connectivity index (χ2v) is 7.66. The van der Waals surface area contributed by atoms with E-state index in [9.17, 15) is 4.57 Å². The average Bonchev–Trinajstić information content (AvgIpc) is 2.27. The van der Waals surface area contributed by atoms with E-state index in [1.807, 2.05) is 46.7 Å². The molecule has 0 aliphatic rings. The van der Waals surface area contributed by atoms with Gasteiger partial charge in [-0.3, -0.25) is 9.46 Å². The summed E-state index contributed by atoms with van der Waals surface area (Å²) in [6.45, 7) is 8.14. The first-order chi connectivity index (χ1) is 7.60. The van der Waals surface area contributed by atoms with Gasteiger partial charge in [0.1, 0.15) is 5.78 Å². The maximum atomic E-state index is 12.6. The van der Waals surface area contributed by atoms with Gasteiger partial charge in [-0.05, 0) is 34.5 Å². The first-order valence-electron chi connectivity index (χ1n) is 5.81. The Morgan fingerprint density at radius 3 is 2.12 bits per heavy atom. The van der Waals surface area contributed by atoms with Gasteiger partial charge in [0.15, 0.2) is 0 Å². The highest BCUT2D eigenvalue weighted by atomic mass is 31.2. The van der Waals surface area contributed by atoms with Crippen molar-refractivity contribution in [1.29, 1.82) is 0 Å². The number of hydrogen-bond acceptors (Lipinski definition) is 5. The molecular formula is C11H27N2O3P. The van der Waals surface area contributed by atoms with Gasteiger partial charge in [0, 0.05) is 12.5 Å². The maximum Gasteiger partial charge on any atom is 0.347 e. The summed E-state index contributed by atoms with van der Waals surface area (Å²) in [5.41, 5.74) is 5.45. The number of hydrogen-bond donors (Lipinski definition) is 1. The summed E-state index contributed by atoms with van der Waals surface area (Å²) in [7, 11) is 1.97. The van der Waals surface area contributed by atoms with Crippen LogP contribution in [-0.4, -0.2) is 44.5 Å². The number of nitrogens with two attached hydrogens (primary N) is 1. The summed E-state index contributed by atoms with van der Waals surface area (Å²) in [6.07, 6.45) is -0.235. The molecule has 0 aliphatic carbocycles. The average molecular weight is 266 g/mol. The minimum absolute atomic E-state index is 0.235. The van der Waals surface area contributed by atoms with Crippen LogP contribution in [0.15, 0.2) is 0 Å². The molecule has 0 spiro atoms. The second-order valence-electron chi connectivity index (χ2n) is 5.26. The predicted octanol–water partition coefficient (Wildman–Crippen LogP) is 2.12. The van der Waals surface area contributed by atoms with Gasteiger partial charge in [-0.15, -0.1) is 0 Å². The van der Waals surface area contributed by atoms with Crippen LogP contribution in [-0.2, 0) is 13.6 Å². The molecule has 0 aliphatic heterocycles. The largest absolute Gasteiger partial charge is 0.347 e. The summed E-state index contributed by atoms with van der Waals surface area (Å²) in [5.74, 6) is -0.288. The lowest BCUT2D eigenvalue weighted by molar-refractivity contribution is 0.0695. The van der Waals surface area contributed by atoms with E-state index in [2.05, 4.69) is 0 Å². The van der Waals surface area contributed by atoms with Gasteiger partial charge in [0.05, 0.1) is 6.10 Å². The Balaban J connectivity index is 4.88. The Hall–Kier alpha value is 0.0700. The van der Waals surface area contributed by atoms with Crippen molar-refractivity contribution in [2.24, 2.45) is 11.1 Å². The minimum atomic E-state index is -3.14. The molecule has 0 rings (SSSR count). The fourth-order valence-corrected chi connectivity index (χ4v) is 2.95. The molecule has 0 aromatic heterocycles. The molecule has 17 heavy (non-hydrogen) atoms. The van der Waals surface area contributed by atoms with Gasteiger partial charge in [0.25, 0.3) is 0 Å². The van der Waals surface area contributed by atoms with E-state index >= 15 is 0 Å². The normalized spacial score (nSPS) is 20.1. The number of rotatable bonds is 7. The van der Waals surface area contributed by atoms with Crippen molar-refractivity contribution in [1.82, 2.24) is 4.90 Å². The third-order valence-electron chi connectivity index (χ3n) is 3.39.